The van der Waals surface area contributed by atoms with Gasteiger partial charge in [-0.1, -0.05) is 12.8 Å². The van der Waals surface area contributed by atoms with E-state index in [4.69, 9.17) is 5.11 Å². The molecule has 1 aliphatic carbocycles. The maximum absolute atomic E-state index is 11.8. The third-order valence-corrected chi connectivity index (χ3v) is 4.32. The number of hydrogen-bond donors (Lipinski definition) is 3. The maximum Gasteiger partial charge on any atom is 0.315 e. The highest BCUT2D eigenvalue weighted by atomic mass is 32.1. The first-order valence-electron chi connectivity index (χ1n) is 6.74. The molecule has 1 aliphatic rings. The first-order chi connectivity index (χ1) is 9.56. The molecule has 0 bridgehead atoms. The summed E-state index contributed by atoms with van der Waals surface area (Å²) in [5, 5.41) is 17.5. The van der Waals surface area contributed by atoms with Gasteiger partial charge in [-0.3, -0.25) is 4.79 Å². The van der Waals surface area contributed by atoms with Crippen molar-refractivity contribution >= 4 is 23.3 Å². The van der Waals surface area contributed by atoms with E-state index in [1.165, 1.54) is 11.3 Å². The Kier molecular flexibility index (Phi) is 4.94. The highest BCUT2D eigenvalue weighted by molar-refractivity contribution is 7.09. The number of urea groups is 1. The molecule has 1 aromatic rings. The van der Waals surface area contributed by atoms with E-state index in [0.29, 0.717) is 13.0 Å². The molecule has 1 saturated carbocycles. The smallest absolute Gasteiger partial charge is 0.315 e. The van der Waals surface area contributed by atoms with Gasteiger partial charge in [0.2, 0.25) is 0 Å². The number of nitrogens with zero attached hydrogens (tertiary/aromatic N) is 1. The van der Waals surface area contributed by atoms with Crippen LogP contribution in [-0.4, -0.2) is 28.1 Å². The molecule has 0 aromatic carbocycles. The van der Waals surface area contributed by atoms with Gasteiger partial charge in [-0.05, 0) is 19.8 Å². The number of thiazole rings is 1. The lowest BCUT2D eigenvalue weighted by atomic mass is 9.84. The normalized spacial score (nSPS) is 22.2. The quantitative estimate of drug-likeness (QED) is 0.791. The molecule has 110 valence electrons. The van der Waals surface area contributed by atoms with Crippen molar-refractivity contribution < 1.29 is 14.7 Å². The fraction of sp³-hybridized carbons (Fsp3) is 0.615. The Balaban J connectivity index is 1.82. The molecule has 1 fully saturated rings. The van der Waals surface area contributed by atoms with E-state index in [0.717, 1.165) is 30.0 Å². The summed E-state index contributed by atoms with van der Waals surface area (Å²) in [6.45, 7) is 2.27. The summed E-state index contributed by atoms with van der Waals surface area (Å²) < 4.78 is 0. The molecule has 0 aliphatic heterocycles. The Hall–Kier alpha value is -1.63. The number of carboxylic acids is 1. The maximum atomic E-state index is 11.8. The fourth-order valence-corrected chi connectivity index (χ4v) is 3.09. The second kappa shape index (κ2) is 6.69. The van der Waals surface area contributed by atoms with Gasteiger partial charge < -0.3 is 15.7 Å². The molecule has 2 atom stereocenters. The van der Waals surface area contributed by atoms with Gasteiger partial charge in [0.25, 0.3) is 0 Å². The van der Waals surface area contributed by atoms with Crippen LogP contribution in [0.4, 0.5) is 4.79 Å². The van der Waals surface area contributed by atoms with Crippen molar-refractivity contribution in [2.24, 2.45) is 5.92 Å². The largest absolute Gasteiger partial charge is 0.481 e. The number of aliphatic carboxylic acids is 1. The van der Waals surface area contributed by atoms with Crippen molar-refractivity contribution in [3.8, 4) is 0 Å². The monoisotopic (exact) mass is 297 g/mol. The van der Waals surface area contributed by atoms with Crippen molar-refractivity contribution in [1.82, 2.24) is 15.6 Å². The topological polar surface area (TPSA) is 91.3 Å². The van der Waals surface area contributed by atoms with Gasteiger partial charge in [0.05, 0.1) is 23.2 Å². The van der Waals surface area contributed by atoms with Crippen LogP contribution >= 0.6 is 11.3 Å². The number of aromatic nitrogens is 1. The molecule has 3 N–H and O–H groups in total. The van der Waals surface area contributed by atoms with Crippen LogP contribution in [0.2, 0.25) is 0 Å². The predicted octanol–water partition coefficient (Wildman–Crippen LogP) is 1.89. The van der Waals surface area contributed by atoms with Gasteiger partial charge in [0.1, 0.15) is 0 Å². The molecule has 1 aromatic heterocycles. The highest BCUT2D eigenvalue weighted by Crippen LogP contribution is 2.24. The zero-order valence-corrected chi connectivity index (χ0v) is 12.2. The van der Waals surface area contributed by atoms with Crippen LogP contribution < -0.4 is 10.6 Å². The number of hydrogen-bond acceptors (Lipinski definition) is 4. The van der Waals surface area contributed by atoms with Crippen LogP contribution in [0.25, 0.3) is 0 Å². The summed E-state index contributed by atoms with van der Waals surface area (Å²) >= 11 is 1.54. The van der Waals surface area contributed by atoms with Gasteiger partial charge in [-0.25, -0.2) is 9.78 Å². The van der Waals surface area contributed by atoms with Crippen molar-refractivity contribution in [1.29, 1.82) is 0 Å². The van der Waals surface area contributed by atoms with E-state index in [1.807, 2.05) is 12.3 Å². The van der Waals surface area contributed by atoms with Crippen LogP contribution in [0, 0.1) is 12.8 Å². The summed E-state index contributed by atoms with van der Waals surface area (Å²) in [7, 11) is 0. The lowest BCUT2D eigenvalue weighted by Gasteiger charge is -2.29. The van der Waals surface area contributed by atoms with E-state index in [9.17, 15) is 9.59 Å². The van der Waals surface area contributed by atoms with E-state index in [-0.39, 0.29) is 12.1 Å². The minimum Gasteiger partial charge on any atom is -0.481 e. The Morgan fingerprint density at radius 3 is 2.85 bits per heavy atom. The standard InChI is InChI=1S/C13H19N3O3S/c1-8-15-9(7-20-8)6-14-13(19)16-11-5-3-2-4-10(11)12(17)18/h7,10-11H,2-6H2,1H3,(H,17,18)(H2,14,16,19). The summed E-state index contributed by atoms with van der Waals surface area (Å²) in [4.78, 5) is 27.2. The van der Waals surface area contributed by atoms with Gasteiger partial charge in [-0.15, -0.1) is 11.3 Å². The van der Waals surface area contributed by atoms with Gasteiger partial charge in [0, 0.05) is 11.4 Å². The van der Waals surface area contributed by atoms with Crippen LogP contribution in [0.1, 0.15) is 36.4 Å². The van der Waals surface area contributed by atoms with E-state index in [2.05, 4.69) is 15.6 Å². The first kappa shape index (κ1) is 14.8. The predicted molar refractivity (Wildman–Crippen MR) is 75.6 cm³/mol. The molecular formula is C13H19N3O3S. The van der Waals surface area contributed by atoms with Crippen molar-refractivity contribution in [2.45, 2.75) is 45.2 Å². The second-order valence-electron chi connectivity index (χ2n) is 5.02. The van der Waals surface area contributed by atoms with Crippen molar-refractivity contribution in [3.05, 3.63) is 16.1 Å². The minimum atomic E-state index is -0.829. The molecule has 2 amide bonds. The van der Waals surface area contributed by atoms with Gasteiger partial charge >= 0.3 is 12.0 Å². The number of carbonyl (C=O) groups is 2. The van der Waals surface area contributed by atoms with E-state index in [1.54, 1.807) is 0 Å². The third-order valence-electron chi connectivity index (χ3n) is 3.50. The average Bonchev–Trinajstić information content (AvgIpc) is 2.83. The highest BCUT2D eigenvalue weighted by Gasteiger charge is 2.31. The molecule has 0 spiro atoms. The minimum absolute atomic E-state index is 0.279. The summed E-state index contributed by atoms with van der Waals surface area (Å²) in [6.07, 6.45) is 3.22. The lowest BCUT2D eigenvalue weighted by molar-refractivity contribution is -0.143. The van der Waals surface area contributed by atoms with Crippen LogP contribution in [-0.2, 0) is 11.3 Å². The van der Waals surface area contributed by atoms with Crippen LogP contribution in [0.5, 0.6) is 0 Å². The molecule has 1 heterocycles. The van der Waals surface area contributed by atoms with Crippen LogP contribution in [0.15, 0.2) is 5.38 Å². The van der Waals surface area contributed by atoms with Crippen molar-refractivity contribution in [3.63, 3.8) is 0 Å². The van der Waals surface area contributed by atoms with Crippen LogP contribution in [0.3, 0.4) is 0 Å². The summed E-state index contributed by atoms with van der Waals surface area (Å²) in [5.74, 6) is -1.30. The Bertz CT molecular complexity index is 489. The first-order valence-corrected chi connectivity index (χ1v) is 7.62. The third kappa shape index (κ3) is 3.93. The second-order valence-corrected chi connectivity index (χ2v) is 6.08. The molecule has 6 nitrogen and oxygen atoms in total. The number of nitrogens with one attached hydrogen (secondary N) is 2. The molecule has 0 saturated heterocycles. The Labute approximate surface area is 121 Å². The number of rotatable bonds is 4. The number of carbonyl (C=O) groups excluding carboxylic acids is 1. The number of carboxylic acid groups (broad SMARTS) is 1. The van der Waals surface area contributed by atoms with Gasteiger partial charge in [0.15, 0.2) is 0 Å². The Morgan fingerprint density at radius 2 is 2.20 bits per heavy atom. The molecule has 0 radical (unpaired) electrons. The Morgan fingerprint density at radius 1 is 1.45 bits per heavy atom. The summed E-state index contributed by atoms with van der Waals surface area (Å²) in [6, 6.07) is -0.604. The molecule has 2 unspecified atom stereocenters. The zero-order valence-electron chi connectivity index (χ0n) is 11.4. The average molecular weight is 297 g/mol. The van der Waals surface area contributed by atoms with E-state index < -0.39 is 11.9 Å². The SMILES string of the molecule is Cc1nc(CNC(=O)NC2CCCCC2C(=O)O)cs1. The number of aryl methyl sites for hydroxylation is 1. The molecule has 2 rings (SSSR count). The zero-order chi connectivity index (χ0) is 14.5. The summed E-state index contributed by atoms with van der Waals surface area (Å²) in [5.41, 5.74) is 0.820. The number of amides is 2. The molecule has 7 heteroatoms. The van der Waals surface area contributed by atoms with E-state index >= 15 is 0 Å². The van der Waals surface area contributed by atoms with Crippen molar-refractivity contribution in [2.75, 3.05) is 0 Å². The molecular weight excluding hydrogens is 278 g/mol. The fourth-order valence-electron chi connectivity index (χ4n) is 2.48. The lowest BCUT2D eigenvalue weighted by Crippen LogP contribution is -2.48. The van der Waals surface area contributed by atoms with Gasteiger partial charge in [-0.2, -0.15) is 0 Å². The molecule has 20 heavy (non-hydrogen) atoms.